The van der Waals surface area contributed by atoms with E-state index in [1.807, 2.05) is 11.4 Å². The van der Waals surface area contributed by atoms with Gasteiger partial charge in [-0.05, 0) is 46.3 Å². The van der Waals surface area contributed by atoms with Crippen LogP contribution < -0.4 is 5.43 Å². The Hall–Kier alpha value is -1.20. The first-order valence-electron chi connectivity index (χ1n) is 4.53. The second-order valence-corrected chi connectivity index (χ2v) is 4.90. The van der Waals surface area contributed by atoms with Crippen LogP contribution in [0.2, 0.25) is 0 Å². The van der Waals surface area contributed by atoms with Crippen molar-refractivity contribution in [1.29, 1.82) is 0 Å². The van der Waals surface area contributed by atoms with Crippen LogP contribution >= 0.6 is 27.3 Å². The van der Waals surface area contributed by atoms with E-state index >= 15 is 0 Å². The highest BCUT2D eigenvalue weighted by Gasteiger charge is 1.93. The standard InChI is InChI=1S/C11H8BrFN2S/c12-8-5-11(16-7-8)6-14-15-10-3-1-9(13)2-4-10/h1-7,15H/b14-6+. The molecule has 0 aliphatic heterocycles. The van der Waals surface area contributed by atoms with Crippen molar-refractivity contribution in [1.82, 2.24) is 0 Å². The topological polar surface area (TPSA) is 24.4 Å². The molecule has 1 heterocycles. The van der Waals surface area contributed by atoms with E-state index in [1.54, 1.807) is 29.7 Å². The van der Waals surface area contributed by atoms with Crippen molar-refractivity contribution < 1.29 is 4.39 Å². The van der Waals surface area contributed by atoms with Crippen molar-refractivity contribution >= 4 is 39.2 Å². The predicted octanol–water partition coefficient (Wildman–Crippen LogP) is 4.10. The number of hydrogen-bond acceptors (Lipinski definition) is 3. The van der Waals surface area contributed by atoms with Crippen LogP contribution in [0.3, 0.4) is 0 Å². The molecule has 0 aliphatic carbocycles. The normalized spacial score (nSPS) is 10.9. The number of hydrogen-bond donors (Lipinski definition) is 1. The molecule has 0 unspecified atom stereocenters. The highest BCUT2D eigenvalue weighted by atomic mass is 79.9. The Kier molecular flexibility index (Phi) is 3.69. The minimum atomic E-state index is -0.253. The van der Waals surface area contributed by atoms with Crippen molar-refractivity contribution in [3.8, 4) is 0 Å². The van der Waals surface area contributed by atoms with Crippen LogP contribution in [0, 0.1) is 5.82 Å². The van der Waals surface area contributed by atoms with Crippen LogP contribution in [0.1, 0.15) is 4.88 Å². The Morgan fingerprint density at radius 1 is 1.31 bits per heavy atom. The maximum Gasteiger partial charge on any atom is 0.123 e. The minimum absolute atomic E-state index is 0.253. The quantitative estimate of drug-likeness (QED) is 0.670. The highest BCUT2D eigenvalue weighted by Crippen LogP contribution is 2.18. The van der Waals surface area contributed by atoms with Gasteiger partial charge in [0.05, 0.1) is 11.9 Å². The summed E-state index contributed by atoms with van der Waals surface area (Å²) in [6.45, 7) is 0. The van der Waals surface area contributed by atoms with E-state index in [4.69, 9.17) is 0 Å². The molecule has 0 radical (unpaired) electrons. The summed E-state index contributed by atoms with van der Waals surface area (Å²) in [5.41, 5.74) is 3.58. The van der Waals surface area contributed by atoms with Crippen molar-refractivity contribution in [2.75, 3.05) is 5.43 Å². The first kappa shape index (κ1) is 11.3. The Bertz CT molecular complexity index is 493. The Morgan fingerprint density at radius 3 is 2.69 bits per heavy atom. The lowest BCUT2D eigenvalue weighted by Gasteiger charge is -1.98. The largest absolute Gasteiger partial charge is 0.278 e. The van der Waals surface area contributed by atoms with Crippen LogP contribution in [0.5, 0.6) is 0 Å². The number of benzene rings is 1. The molecule has 2 nitrogen and oxygen atoms in total. The van der Waals surface area contributed by atoms with Crippen LogP contribution in [0.15, 0.2) is 45.3 Å². The van der Waals surface area contributed by atoms with Crippen molar-refractivity contribution in [3.63, 3.8) is 0 Å². The van der Waals surface area contributed by atoms with Gasteiger partial charge in [0.15, 0.2) is 0 Å². The number of halogens is 2. The molecule has 16 heavy (non-hydrogen) atoms. The zero-order chi connectivity index (χ0) is 11.4. The van der Waals surface area contributed by atoms with E-state index in [-0.39, 0.29) is 5.82 Å². The molecular weight excluding hydrogens is 291 g/mol. The van der Waals surface area contributed by atoms with Gasteiger partial charge in [0, 0.05) is 14.7 Å². The Balaban J connectivity index is 1.97. The number of hydrazone groups is 1. The summed E-state index contributed by atoms with van der Waals surface area (Å²) in [5.74, 6) is -0.253. The molecule has 0 saturated carbocycles. The van der Waals surface area contributed by atoms with Crippen LogP contribution in [0.4, 0.5) is 10.1 Å². The zero-order valence-corrected chi connectivity index (χ0v) is 10.6. The molecule has 1 aromatic heterocycles. The first-order valence-corrected chi connectivity index (χ1v) is 6.20. The van der Waals surface area contributed by atoms with Gasteiger partial charge in [-0.1, -0.05) is 0 Å². The fraction of sp³-hybridized carbons (Fsp3) is 0. The molecule has 0 amide bonds. The van der Waals surface area contributed by atoms with Crippen molar-refractivity contribution in [3.05, 3.63) is 50.9 Å². The van der Waals surface area contributed by atoms with Gasteiger partial charge in [-0.25, -0.2) is 4.39 Å². The second kappa shape index (κ2) is 5.23. The number of nitrogens with one attached hydrogen (secondary N) is 1. The van der Waals surface area contributed by atoms with E-state index < -0.39 is 0 Å². The zero-order valence-electron chi connectivity index (χ0n) is 8.15. The summed E-state index contributed by atoms with van der Waals surface area (Å²) in [6.07, 6.45) is 1.72. The second-order valence-electron chi connectivity index (χ2n) is 3.04. The predicted molar refractivity (Wildman–Crippen MR) is 69.6 cm³/mol. The van der Waals surface area contributed by atoms with Gasteiger partial charge < -0.3 is 0 Å². The lowest BCUT2D eigenvalue weighted by Crippen LogP contribution is -1.89. The number of thiophene rings is 1. The molecule has 0 saturated heterocycles. The average Bonchev–Trinajstić information content (AvgIpc) is 2.67. The monoisotopic (exact) mass is 298 g/mol. The average molecular weight is 299 g/mol. The molecule has 0 atom stereocenters. The molecule has 0 bridgehead atoms. The third-order valence-corrected chi connectivity index (χ3v) is 3.45. The number of rotatable bonds is 3. The molecule has 82 valence electrons. The Labute approximate surface area is 105 Å². The van der Waals surface area contributed by atoms with Gasteiger partial charge in [-0.15, -0.1) is 11.3 Å². The van der Waals surface area contributed by atoms with Gasteiger partial charge in [0.25, 0.3) is 0 Å². The Morgan fingerprint density at radius 2 is 2.06 bits per heavy atom. The molecule has 1 aromatic carbocycles. The molecule has 0 spiro atoms. The van der Waals surface area contributed by atoms with Gasteiger partial charge in [0.1, 0.15) is 5.82 Å². The van der Waals surface area contributed by atoms with Crippen LogP contribution in [0.25, 0.3) is 0 Å². The summed E-state index contributed by atoms with van der Waals surface area (Å²) in [5, 5.41) is 6.03. The molecule has 2 rings (SSSR count). The van der Waals surface area contributed by atoms with Gasteiger partial charge in [0.2, 0.25) is 0 Å². The van der Waals surface area contributed by atoms with E-state index in [0.29, 0.717) is 0 Å². The van der Waals surface area contributed by atoms with E-state index in [2.05, 4.69) is 26.5 Å². The minimum Gasteiger partial charge on any atom is -0.278 e. The smallest absolute Gasteiger partial charge is 0.123 e. The van der Waals surface area contributed by atoms with E-state index in [0.717, 1.165) is 15.0 Å². The summed E-state index contributed by atoms with van der Waals surface area (Å²) >= 11 is 4.95. The lowest BCUT2D eigenvalue weighted by molar-refractivity contribution is 0.628. The first-order chi connectivity index (χ1) is 7.74. The molecule has 0 fully saturated rings. The fourth-order valence-electron chi connectivity index (χ4n) is 1.09. The highest BCUT2D eigenvalue weighted by molar-refractivity contribution is 9.10. The third kappa shape index (κ3) is 3.15. The summed E-state index contributed by atoms with van der Waals surface area (Å²) < 4.78 is 13.6. The van der Waals surface area contributed by atoms with Crippen molar-refractivity contribution in [2.45, 2.75) is 0 Å². The van der Waals surface area contributed by atoms with E-state index in [1.165, 1.54) is 12.1 Å². The van der Waals surface area contributed by atoms with Crippen molar-refractivity contribution in [2.24, 2.45) is 5.10 Å². The third-order valence-electron chi connectivity index (χ3n) is 1.82. The molecule has 2 aromatic rings. The maximum atomic E-state index is 12.6. The molecule has 0 aliphatic rings. The van der Waals surface area contributed by atoms with Gasteiger partial charge >= 0.3 is 0 Å². The van der Waals surface area contributed by atoms with E-state index in [9.17, 15) is 4.39 Å². The summed E-state index contributed by atoms with van der Waals surface area (Å²) in [6, 6.07) is 8.02. The summed E-state index contributed by atoms with van der Waals surface area (Å²) in [4.78, 5) is 1.04. The molecule has 5 heteroatoms. The maximum absolute atomic E-state index is 12.6. The molecule has 1 N–H and O–H groups in total. The SMILES string of the molecule is Fc1ccc(N/N=C/c2cc(Br)cs2)cc1. The van der Waals surface area contributed by atoms with Gasteiger partial charge in [-0.2, -0.15) is 5.10 Å². The molecular formula is C11H8BrFN2S. The van der Waals surface area contributed by atoms with Crippen LogP contribution in [-0.2, 0) is 0 Å². The lowest BCUT2D eigenvalue weighted by atomic mass is 10.3. The fourth-order valence-corrected chi connectivity index (χ4v) is 2.39. The summed E-state index contributed by atoms with van der Waals surface area (Å²) in [7, 11) is 0. The number of anilines is 1. The number of nitrogens with zero attached hydrogens (tertiary/aromatic N) is 1. The van der Waals surface area contributed by atoms with Gasteiger partial charge in [-0.3, -0.25) is 5.43 Å². The van der Waals surface area contributed by atoms with Crippen LogP contribution in [-0.4, -0.2) is 6.21 Å².